The van der Waals surface area contributed by atoms with Gasteiger partial charge in [0, 0.05) is 42.4 Å². The van der Waals surface area contributed by atoms with Crippen LogP contribution in [0, 0.1) is 27.9 Å². The molecule has 0 amide bonds. The number of ether oxygens (including phenoxy) is 3. The molecule has 0 spiro atoms. The van der Waals surface area contributed by atoms with Crippen molar-refractivity contribution in [2.45, 2.75) is 99.8 Å². The van der Waals surface area contributed by atoms with E-state index in [2.05, 4.69) is 12.7 Å². The van der Waals surface area contributed by atoms with Gasteiger partial charge in [-0.15, -0.1) is 18.3 Å². The number of thioether (sulfide) groups is 1. The first-order valence-electron chi connectivity index (χ1n) is 18.7. The fraction of sp³-hybridized carbons (Fsp3) is 0.575. The van der Waals surface area contributed by atoms with Crippen LogP contribution < -0.4 is 9.47 Å². The fourth-order valence-corrected chi connectivity index (χ4v) is 10.5. The minimum atomic E-state index is -0.996. The number of nitro groups is 1. The summed E-state index contributed by atoms with van der Waals surface area (Å²) < 4.78 is 20.5. The highest BCUT2D eigenvalue weighted by Crippen LogP contribution is 2.63. The number of unbranched alkanes of at least 4 members (excludes halogenated alkanes) is 2. The van der Waals surface area contributed by atoms with E-state index in [0.717, 1.165) is 54.7 Å². The second kappa shape index (κ2) is 17.4. The van der Waals surface area contributed by atoms with Gasteiger partial charge >= 0.3 is 0 Å². The third-order valence-corrected chi connectivity index (χ3v) is 12.5. The predicted molar refractivity (Wildman–Crippen MR) is 200 cm³/mol. The molecule has 0 bridgehead atoms. The lowest BCUT2D eigenvalue weighted by Crippen LogP contribution is -2.64. The normalized spacial score (nSPS) is 27.6. The van der Waals surface area contributed by atoms with Crippen molar-refractivity contribution in [2.75, 3.05) is 26.4 Å². The van der Waals surface area contributed by atoms with E-state index in [4.69, 9.17) is 24.2 Å². The van der Waals surface area contributed by atoms with Crippen LogP contribution >= 0.6 is 11.8 Å². The summed E-state index contributed by atoms with van der Waals surface area (Å²) in [7, 11) is 0. The summed E-state index contributed by atoms with van der Waals surface area (Å²) in [6.07, 6.45) is 14.6. The molecule has 2 aromatic carbocycles. The summed E-state index contributed by atoms with van der Waals surface area (Å²) in [6, 6.07) is 12.1. The Morgan fingerprint density at radius 1 is 1.08 bits per heavy atom. The Labute approximate surface area is 305 Å². The second-order valence-electron chi connectivity index (χ2n) is 14.1. The van der Waals surface area contributed by atoms with E-state index in [1.165, 1.54) is 37.8 Å². The molecule has 51 heavy (non-hydrogen) atoms. The smallest absolute Gasteiger partial charge is 0.273 e. The van der Waals surface area contributed by atoms with E-state index >= 15 is 0 Å². The largest absolute Gasteiger partial charge is 0.460 e. The summed E-state index contributed by atoms with van der Waals surface area (Å²) in [6.45, 7) is 7.04. The van der Waals surface area contributed by atoms with Gasteiger partial charge in [0.2, 0.25) is 5.79 Å². The van der Waals surface area contributed by atoms with E-state index in [9.17, 15) is 20.3 Å². The zero-order valence-corrected chi connectivity index (χ0v) is 30.4. The average Bonchev–Trinajstić information content (AvgIpc) is 3.65. The summed E-state index contributed by atoms with van der Waals surface area (Å²) >= 11 is 1.97. The number of nitro benzene ring substituents is 1. The third kappa shape index (κ3) is 8.16. The Morgan fingerprint density at radius 3 is 2.57 bits per heavy atom. The van der Waals surface area contributed by atoms with Crippen molar-refractivity contribution in [2.24, 2.45) is 22.9 Å². The molecule has 2 N–H and O–H groups in total. The van der Waals surface area contributed by atoms with Crippen LogP contribution in [0.25, 0.3) is 0 Å². The Bertz CT molecular complexity index is 1580. The van der Waals surface area contributed by atoms with Gasteiger partial charge in [-0.2, -0.15) is 0 Å². The molecular weight excluding hydrogens is 669 g/mol. The van der Waals surface area contributed by atoms with E-state index in [-0.39, 0.29) is 47.8 Å². The molecule has 0 saturated heterocycles. The van der Waals surface area contributed by atoms with Gasteiger partial charge in [-0.05, 0) is 87.1 Å². The summed E-state index contributed by atoms with van der Waals surface area (Å²) in [5.41, 5.74) is 3.01. The molecule has 1 aliphatic heterocycles. The molecule has 2 saturated carbocycles. The maximum Gasteiger partial charge on any atom is 0.273 e. The number of oxime groups is 1. The van der Waals surface area contributed by atoms with Gasteiger partial charge < -0.3 is 29.3 Å². The molecule has 3 aliphatic carbocycles. The molecule has 6 rings (SSSR count). The van der Waals surface area contributed by atoms with Gasteiger partial charge in [0.1, 0.15) is 23.9 Å². The van der Waals surface area contributed by atoms with Gasteiger partial charge in [-0.1, -0.05) is 49.1 Å². The number of hydrogen-bond donors (Lipinski definition) is 2. The molecule has 1 heterocycles. The van der Waals surface area contributed by atoms with Crippen LogP contribution in [-0.2, 0) is 9.57 Å². The molecule has 0 radical (unpaired) electrons. The fourth-order valence-electron chi connectivity index (χ4n) is 8.70. The lowest BCUT2D eigenvalue weighted by Gasteiger charge is -2.58. The average molecular weight is 721 g/mol. The van der Waals surface area contributed by atoms with Crippen molar-refractivity contribution in [3.8, 4) is 17.2 Å². The number of aliphatic hydroxyl groups excluding tert-OH is 2. The van der Waals surface area contributed by atoms with Crippen LogP contribution in [0.5, 0.6) is 17.2 Å². The summed E-state index contributed by atoms with van der Waals surface area (Å²) in [5.74, 6) is 0.793. The Balaban J connectivity index is 1.52. The number of allylic oxidation sites excluding steroid dienone is 1. The van der Waals surface area contributed by atoms with E-state index in [1.54, 1.807) is 18.2 Å². The molecule has 0 unspecified atom stereocenters. The molecular formula is C40H52N2O8S. The van der Waals surface area contributed by atoms with Gasteiger partial charge in [0.25, 0.3) is 5.69 Å². The van der Waals surface area contributed by atoms with Crippen LogP contribution in [-0.4, -0.2) is 63.6 Å². The molecule has 276 valence electrons. The van der Waals surface area contributed by atoms with Crippen molar-refractivity contribution in [3.05, 3.63) is 82.4 Å². The predicted octanol–water partition coefficient (Wildman–Crippen LogP) is 8.72. The number of nitrogens with zero attached hydrogens (tertiary/aromatic N) is 2. The summed E-state index contributed by atoms with van der Waals surface area (Å²) in [5, 5.41) is 36.3. The standard InChI is InChI=1S/C40H52N2O8S/c1-3-22-47-40-37(51-31-15-5-6-16-31)26-35(41-48-4-2)33-23-27(12-7-9-20-43)32(17-8-10-21-44)38(39(33)40)34-25-30(18-19-36(34)50-40)49-29-14-11-13-28(24-29)42(45)46/h3,11,13-14,18-19,23-25,27,31-32,37-39,43-44H,1,4-10,12,15-17,20-22,26H2,2H3/t27-,32+,37-,38+,39+,40+/m0/s1. The highest BCUT2D eigenvalue weighted by molar-refractivity contribution is 8.00. The first kappa shape index (κ1) is 37.4. The monoisotopic (exact) mass is 720 g/mol. The van der Waals surface area contributed by atoms with Crippen molar-refractivity contribution >= 4 is 23.2 Å². The Hall–Kier alpha value is -3.38. The minimum absolute atomic E-state index is 0.0382. The number of hydrogen-bond acceptors (Lipinski definition) is 10. The maximum absolute atomic E-state index is 11.5. The van der Waals surface area contributed by atoms with E-state index in [0.29, 0.717) is 42.8 Å². The van der Waals surface area contributed by atoms with E-state index < -0.39 is 10.7 Å². The highest BCUT2D eigenvalue weighted by Gasteiger charge is 2.64. The maximum atomic E-state index is 11.5. The van der Waals surface area contributed by atoms with Gasteiger partial charge in [-0.3, -0.25) is 10.1 Å². The molecule has 0 aromatic heterocycles. The van der Waals surface area contributed by atoms with Crippen molar-refractivity contribution in [1.82, 2.24) is 0 Å². The lowest BCUT2D eigenvalue weighted by atomic mass is 9.56. The van der Waals surface area contributed by atoms with Crippen LogP contribution in [0.15, 0.2) is 71.9 Å². The molecule has 11 heteroatoms. The Kier molecular flexibility index (Phi) is 12.8. The molecule has 4 aliphatic rings. The van der Waals surface area contributed by atoms with Gasteiger partial charge in [0.05, 0.1) is 34.5 Å². The van der Waals surface area contributed by atoms with Gasteiger partial charge in [0.15, 0.2) is 0 Å². The molecule has 6 atom stereocenters. The Morgan fingerprint density at radius 2 is 1.84 bits per heavy atom. The number of rotatable bonds is 18. The van der Waals surface area contributed by atoms with Crippen LogP contribution in [0.4, 0.5) is 5.69 Å². The highest BCUT2D eigenvalue weighted by atomic mass is 32.2. The summed E-state index contributed by atoms with van der Waals surface area (Å²) in [4.78, 5) is 16.9. The number of benzene rings is 2. The van der Waals surface area contributed by atoms with Crippen molar-refractivity contribution < 1.29 is 34.2 Å². The van der Waals surface area contributed by atoms with Crippen LogP contribution in [0.3, 0.4) is 0 Å². The second-order valence-corrected chi connectivity index (χ2v) is 15.6. The number of fused-ring (bicyclic) bond motifs is 2. The first-order chi connectivity index (χ1) is 24.9. The van der Waals surface area contributed by atoms with Crippen LogP contribution in [0.1, 0.15) is 89.0 Å². The van der Waals surface area contributed by atoms with Crippen molar-refractivity contribution in [3.63, 3.8) is 0 Å². The number of aliphatic hydroxyl groups is 2. The zero-order valence-electron chi connectivity index (χ0n) is 29.6. The molecule has 2 aromatic rings. The minimum Gasteiger partial charge on any atom is -0.460 e. The van der Waals surface area contributed by atoms with Crippen molar-refractivity contribution in [1.29, 1.82) is 0 Å². The lowest BCUT2D eigenvalue weighted by molar-refractivity contribution is -0.384. The van der Waals surface area contributed by atoms with Crippen LogP contribution in [0.2, 0.25) is 0 Å². The first-order valence-corrected chi connectivity index (χ1v) is 19.6. The topological polar surface area (TPSA) is 133 Å². The van der Waals surface area contributed by atoms with Gasteiger partial charge in [-0.25, -0.2) is 0 Å². The third-order valence-electron chi connectivity index (χ3n) is 10.8. The SMILES string of the molecule is C=CCO[C@@]12Oc3ccc(Oc4cccc([N+](=O)[O-])c4)cc3[C@H]3[C@H](CCCCO)[C@@H](CCCCO)C=C(C(=NOCC)C[C@@H]1SC1CCCC1)[C@H]32. The zero-order chi connectivity index (χ0) is 35.8. The quantitative estimate of drug-likeness (QED) is 0.0672. The molecule has 2 fully saturated rings. The number of non-ortho nitro benzene ring substituents is 1. The van der Waals surface area contributed by atoms with E-state index in [1.807, 2.05) is 36.9 Å². The molecule has 10 nitrogen and oxygen atoms in total.